The van der Waals surface area contributed by atoms with Gasteiger partial charge in [-0.05, 0) is 92.0 Å². The van der Waals surface area contributed by atoms with E-state index in [1.165, 1.54) is 38.2 Å². The first-order valence-corrected chi connectivity index (χ1v) is 13.8. The van der Waals surface area contributed by atoms with Crippen molar-refractivity contribution in [2.75, 3.05) is 18.1 Å². The SMILES string of the molecule is C=CCCCCCCC1CCC(OC(=O)c2ccc(/C=C/C(=O)OCCc3cc(N)cc(N)c3)cc2)CC1. The Hall–Kier alpha value is -3.54. The summed E-state index contributed by atoms with van der Waals surface area (Å²) in [7, 11) is 0. The molecule has 2 aromatic carbocycles. The molecule has 0 saturated heterocycles. The number of unbranched alkanes of at least 4 members (excludes halogenated alkanes) is 4. The van der Waals surface area contributed by atoms with Crippen molar-refractivity contribution in [3.05, 3.63) is 77.9 Å². The molecular formula is C32H42N2O4. The zero-order valence-electron chi connectivity index (χ0n) is 22.4. The summed E-state index contributed by atoms with van der Waals surface area (Å²) in [5.74, 6) is 0.0412. The van der Waals surface area contributed by atoms with Gasteiger partial charge in [-0.3, -0.25) is 0 Å². The largest absolute Gasteiger partial charge is 0.462 e. The lowest BCUT2D eigenvalue weighted by atomic mass is 9.84. The standard InChI is InChI=1S/C32H42N2O4/c1-2-3-4-5-6-7-8-24-11-16-30(17-12-24)38-32(36)27-14-9-25(10-15-27)13-18-31(35)37-20-19-26-21-28(33)23-29(34)22-26/h2,9-10,13-15,18,21-24,30H,1,3-8,11-12,16-17,19-20,33-34H2/b18-13+. The van der Waals surface area contributed by atoms with Gasteiger partial charge in [-0.25, -0.2) is 9.59 Å². The topological polar surface area (TPSA) is 105 Å². The van der Waals surface area contributed by atoms with Gasteiger partial charge < -0.3 is 20.9 Å². The highest BCUT2D eigenvalue weighted by Gasteiger charge is 2.24. The lowest BCUT2D eigenvalue weighted by molar-refractivity contribution is -0.137. The molecule has 2 aromatic rings. The van der Waals surface area contributed by atoms with Crippen LogP contribution in [0, 0.1) is 5.92 Å². The lowest BCUT2D eigenvalue weighted by Crippen LogP contribution is -2.24. The highest BCUT2D eigenvalue weighted by atomic mass is 16.5. The van der Waals surface area contributed by atoms with E-state index in [9.17, 15) is 9.59 Å². The van der Waals surface area contributed by atoms with Crippen LogP contribution in [0.15, 0.2) is 61.2 Å². The van der Waals surface area contributed by atoms with Crippen molar-refractivity contribution in [3.63, 3.8) is 0 Å². The van der Waals surface area contributed by atoms with Crippen LogP contribution in [0.5, 0.6) is 0 Å². The molecule has 4 N–H and O–H groups in total. The highest BCUT2D eigenvalue weighted by molar-refractivity contribution is 5.90. The Morgan fingerprint density at radius 1 is 0.921 bits per heavy atom. The van der Waals surface area contributed by atoms with Crippen molar-refractivity contribution in [1.29, 1.82) is 0 Å². The molecular weight excluding hydrogens is 476 g/mol. The molecule has 0 aliphatic heterocycles. The average molecular weight is 519 g/mol. The molecule has 1 fully saturated rings. The number of nitrogen functional groups attached to an aromatic ring is 2. The molecule has 38 heavy (non-hydrogen) atoms. The van der Waals surface area contributed by atoms with Gasteiger partial charge in [0.05, 0.1) is 12.2 Å². The van der Waals surface area contributed by atoms with Crippen LogP contribution in [0.3, 0.4) is 0 Å². The number of esters is 2. The summed E-state index contributed by atoms with van der Waals surface area (Å²) in [6.45, 7) is 4.01. The Kier molecular flexibility index (Phi) is 12.0. The third kappa shape index (κ3) is 10.4. The minimum Gasteiger partial charge on any atom is -0.462 e. The minimum atomic E-state index is -0.436. The molecule has 0 radical (unpaired) electrons. The van der Waals surface area contributed by atoms with Crippen LogP contribution in [0.4, 0.5) is 11.4 Å². The van der Waals surface area contributed by atoms with Gasteiger partial charge in [0, 0.05) is 23.9 Å². The number of anilines is 2. The van der Waals surface area contributed by atoms with Crippen LogP contribution in [-0.4, -0.2) is 24.6 Å². The maximum atomic E-state index is 12.6. The quantitative estimate of drug-likeness (QED) is 0.0927. The third-order valence-electron chi connectivity index (χ3n) is 7.07. The number of rotatable bonds is 14. The van der Waals surface area contributed by atoms with E-state index in [1.54, 1.807) is 36.4 Å². The number of benzene rings is 2. The fourth-order valence-electron chi connectivity index (χ4n) is 4.94. The van der Waals surface area contributed by atoms with E-state index >= 15 is 0 Å². The van der Waals surface area contributed by atoms with Gasteiger partial charge in [-0.15, -0.1) is 6.58 Å². The van der Waals surface area contributed by atoms with Crippen LogP contribution in [0.1, 0.15) is 85.7 Å². The summed E-state index contributed by atoms with van der Waals surface area (Å²) in [5, 5.41) is 0. The van der Waals surface area contributed by atoms with Gasteiger partial charge in [0.15, 0.2) is 0 Å². The summed E-state index contributed by atoms with van der Waals surface area (Å²) < 4.78 is 11.0. The smallest absolute Gasteiger partial charge is 0.338 e. The monoisotopic (exact) mass is 518 g/mol. The number of hydrogen-bond donors (Lipinski definition) is 2. The molecule has 204 valence electrons. The number of nitrogens with two attached hydrogens (primary N) is 2. The zero-order valence-corrected chi connectivity index (χ0v) is 22.4. The summed E-state index contributed by atoms with van der Waals surface area (Å²) in [6, 6.07) is 12.4. The third-order valence-corrected chi connectivity index (χ3v) is 7.07. The summed E-state index contributed by atoms with van der Waals surface area (Å²) in [5.41, 5.74) is 15.0. The fraction of sp³-hybridized carbons (Fsp3) is 0.438. The van der Waals surface area contributed by atoms with Crippen LogP contribution in [0.25, 0.3) is 6.08 Å². The minimum absolute atomic E-state index is 0.00412. The van der Waals surface area contributed by atoms with E-state index in [-0.39, 0.29) is 18.7 Å². The van der Waals surface area contributed by atoms with Crippen LogP contribution < -0.4 is 11.5 Å². The Labute approximate surface area is 227 Å². The summed E-state index contributed by atoms with van der Waals surface area (Å²) >= 11 is 0. The molecule has 0 aromatic heterocycles. The van der Waals surface area contributed by atoms with Gasteiger partial charge >= 0.3 is 11.9 Å². The molecule has 1 saturated carbocycles. The Morgan fingerprint density at radius 2 is 1.61 bits per heavy atom. The molecule has 1 aliphatic rings. The van der Waals surface area contributed by atoms with E-state index in [4.69, 9.17) is 20.9 Å². The Morgan fingerprint density at radius 3 is 2.29 bits per heavy atom. The van der Waals surface area contributed by atoms with Crippen LogP contribution in [-0.2, 0) is 20.7 Å². The van der Waals surface area contributed by atoms with Gasteiger partial charge in [0.25, 0.3) is 0 Å². The van der Waals surface area contributed by atoms with Crippen molar-refractivity contribution in [2.45, 2.75) is 76.7 Å². The van der Waals surface area contributed by atoms with Crippen molar-refractivity contribution in [1.82, 2.24) is 0 Å². The van der Waals surface area contributed by atoms with E-state index < -0.39 is 5.97 Å². The molecule has 0 atom stereocenters. The Bertz CT molecular complexity index is 1050. The molecule has 0 unspecified atom stereocenters. The number of carbonyl (C=O) groups excluding carboxylic acids is 2. The number of hydrogen-bond acceptors (Lipinski definition) is 6. The second kappa shape index (κ2) is 15.7. The van der Waals surface area contributed by atoms with Crippen LogP contribution >= 0.6 is 0 Å². The van der Waals surface area contributed by atoms with Crippen molar-refractivity contribution in [3.8, 4) is 0 Å². The normalized spacial score (nSPS) is 17.3. The summed E-state index contributed by atoms with van der Waals surface area (Å²) in [6.07, 6.45) is 17.3. The predicted octanol–water partition coefficient (Wildman–Crippen LogP) is 6.89. The van der Waals surface area contributed by atoms with E-state index in [0.29, 0.717) is 23.4 Å². The summed E-state index contributed by atoms with van der Waals surface area (Å²) in [4.78, 5) is 24.6. The molecule has 6 nitrogen and oxygen atoms in total. The first kappa shape index (κ1) is 29.0. The molecule has 0 heterocycles. The maximum Gasteiger partial charge on any atom is 0.338 e. The van der Waals surface area contributed by atoms with E-state index in [0.717, 1.165) is 49.1 Å². The average Bonchev–Trinajstić information content (AvgIpc) is 2.90. The second-order valence-electron chi connectivity index (χ2n) is 10.2. The fourth-order valence-corrected chi connectivity index (χ4v) is 4.94. The van der Waals surface area contributed by atoms with Crippen LogP contribution in [0.2, 0.25) is 0 Å². The first-order valence-electron chi connectivity index (χ1n) is 13.8. The van der Waals surface area contributed by atoms with Gasteiger partial charge in [-0.2, -0.15) is 0 Å². The van der Waals surface area contributed by atoms with Crippen molar-refractivity contribution < 1.29 is 19.1 Å². The Balaban J connectivity index is 1.33. The van der Waals surface area contributed by atoms with Gasteiger partial charge in [0.2, 0.25) is 0 Å². The zero-order chi connectivity index (χ0) is 27.2. The lowest BCUT2D eigenvalue weighted by Gasteiger charge is -2.28. The second-order valence-corrected chi connectivity index (χ2v) is 10.2. The molecule has 0 spiro atoms. The molecule has 3 rings (SSSR count). The number of ether oxygens (including phenoxy) is 2. The number of carbonyl (C=O) groups is 2. The van der Waals surface area contributed by atoms with E-state index in [2.05, 4.69) is 6.58 Å². The molecule has 0 bridgehead atoms. The molecule has 6 heteroatoms. The maximum absolute atomic E-state index is 12.6. The molecule has 1 aliphatic carbocycles. The van der Waals surface area contributed by atoms with E-state index in [1.807, 2.05) is 18.2 Å². The first-order chi connectivity index (χ1) is 18.4. The predicted molar refractivity (Wildman–Crippen MR) is 154 cm³/mol. The highest BCUT2D eigenvalue weighted by Crippen LogP contribution is 2.30. The van der Waals surface area contributed by atoms with Crippen molar-refractivity contribution >= 4 is 29.4 Å². The number of allylic oxidation sites excluding steroid dienone is 1. The van der Waals surface area contributed by atoms with Crippen molar-refractivity contribution in [2.24, 2.45) is 5.92 Å². The van der Waals surface area contributed by atoms with Gasteiger partial charge in [0.1, 0.15) is 6.10 Å². The molecule has 0 amide bonds. The van der Waals surface area contributed by atoms with Gasteiger partial charge in [-0.1, -0.05) is 43.9 Å².